The molecule has 2 aromatic carbocycles. The fraction of sp³-hybridized carbons (Fsp3) is 0.133. The fourth-order valence-electron chi connectivity index (χ4n) is 1.63. The van der Waals surface area contributed by atoms with Crippen molar-refractivity contribution in [3.05, 3.63) is 65.7 Å². The summed E-state index contributed by atoms with van der Waals surface area (Å²) in [5.74, 6) is -0.870. The Hall–Kier alpha value is -1.68. The third-order valence-corrected chi connectivity index (χ3v) is 3.79. The van der Waals surface area contributed by atoms with Crippen LogP contribution in [0, 0.1) is 11.6 Å². The van der Waals surface area contributed by atoms with Gasteiger partial charge in [0.15, 0.2) is 5.78 Å². The third-order valence-electron chi connectivity index (χ3n) is 2.64. The van der Waals surface area contributed by atoms with Gasteiger partial charge in [-0.3, -0.25) is 4.79 Å². The molecule has 98 valence electrons. The Labute approximate surface area is 114 Å². The number of hydrogen-bond acceptors (Lipinski definition) is 2. The first-order valence-electron chi connectivity index (χ1n) is 5.79. The van der Waals surface area contributed by atoms with Crippen molar-refractivity contribution in [2.45, 2.75) is 17.1 Å². The summed E-state index contributed by atoms with van der Waals surface area (Å²) in [7, 11) is 0. The lowest BCUT2D eigenvalue weighted by Crippen LogP contribution is -2.13. The van der Waals surface area contributed by atoms with Crippen molar-refractivity contribution in [3.63, 3.8) is 0 Å². The topological polar surface area (TPSA) is 17.1 Å². The number of thioether (sulfide) groups is 1. The van der Waals surface area contributed by atoms with Gasteiger partial charge in [0.25, 0.3) is 0 Å². The summed E-state index contributed by atoms with van der Waals surface area (Å²) in [4.78, 5) is 12.5. The number of carbonyl (C=O) groups excluding carboxylic acids is 1. The fourth-order valence-corrected chi connectivity index (χ4v) is 2.59. The largest absolute Gasteiger partial charge is 0.293 e. The highest BCUT2D eigenvalue weighted by molar-refractivity contribution is 8.00. The summed E-state index contributed by atoms with van der Waals surface area (Å²) in [6.07, 6.45) is 0. The van der Waals surface area contributed by atoms with Crippen LogP contribution in [-0.2, 0) is 0 Å². The Morgan fingerprint density at radius 2 is 1.68 bits per heavy atom. The van der Waals surface area contributed by atoms with E-state index in [1.165, 1.54) is 30.3 Å². The zero-order valence-electron chi connectivity index (χ0n) is 10.3. The van der Waals surface area contributed by atoms with Gasteiger partial charge in [-0.2, -0.15) is 0 Å². The molecular weight excluding hydrogens is 266 g/mol. The van der Waals surface area contributed by atoms with Crippen LogP contribution in [-0.4, -0.2) is 11.0 Å². The van der Waals surface area contributed by atoms with Crippen LogP contribution in [0.4, 0.5) is 8.78 Å². The molecule has 0 heterocycles. The van der Waals surface area contributed by atoms with Crippen LogP contribution in [0.5, 0.6) is 0 Å². The van der Waals surface area contributed by atoms with Crippen LogP contribution in [0.15, 0.2) is 53.4 Å². The molecule has 0 aliphatic heterocycles. The first-order valence-corrected chi connectivity index (χ1v) is 6.67. The van der Waals surface area contributed by atoms with Crippen molar-refractivity contribution in [1.29, 1.82) is 0 Å². The first kappa shape index (κ1) is 13.7. The molecule has 0 saturated carbocycles. The summed E-state index contributed by atoms with van der Waals surface area (Å²) >= 11 is 1.16. The Bertz CT molecular complexity index is 581. The lowest BCUT2D eigenvalue weighted by molar-refractivity contribution is 0.0994. The van der Waals surface area contributed by atoms with E-state index < -0.39 is 5.25 Å². The summed E-state index contributed by atoms with van der Waals surface area (Å²) in [5.41, 5.74) is 0.428. The molecule has 0 radical (unpaired) electrons. The molecule has 2 aromatic rings. The van der Waals surface area contributed by atoms with E-state index in [2.05, 4.69) is 0 Å². The van der Waals surface area contributed by atoms with Gasteiger partial charge in [-0.05, 0) is 43.3 Å². The number of hydrogen-bond donors (Lipinski definition) is 0. The lowest BCUT2D eigenvalue weighted by Gasteiger charge is -2.10. The highest BCUT2D eigenvalue weighted by Crippen LogP contribution is 2.27. The molecule has 1 nitrogen and oxygen atoms in total. The van der Waals surface area contributed by atoms with Crippen LogP contribution in [0.2, 0.25) is 0 Å². The minimum absolute atomic E-state index is 0.145. The number of Topliss-reactive ketones (excluding diaryl/α,β-unsaturated/α-hetero) is 1. The zero-order chi connectivity index (χ0) is 13.8. The average Bonchev–Trinajstić information content (AvgIpc) is 2.41. The van der Waals surface area contributed by atoms with Gasteiger partial charge in [-0.25, -0.2) is 8.78 Å². The van der Waals surface area contributed by atoms with E-state index in [4.69, 9.17) is 0 Å². The van der Waals surface area contributed by atoms with Gasteiger partial charge in [0.1, 0.15) is 11.6 Å². The molecule has 0 spiro atoms. The standard InChI is InChI=1S/C15H12F2OS/c1-10(19-14-5-3-2-4-13(14)17)15(18)11-6-8-12(16)9-7-11/h2-10H,1H3. The van der Waals surface area contributed by atoms with Gasteiger partial charge in [-0.15, -0.1) is 11.8 Å². The number of benzene rings is 2. The Balaban J connectivity index is 2.12. The highest BCUT2D eigenvalue weighted by atomic mass is 32.2. The van der Waals surface area contributed by atoms with Crippen molar-refractivity contribution < 1.29 is 13.6 Å². The number of rotatable bonds is 4. The monoisotopic (exact) mass is 278 g/mol. The lowest BCUT2D eigenvalue weighted by atomic mass is 10.1. The molecule has 2 rings (SSSR count). The molecule has 0 aliphatic carbocycles. The summed E-state index contributed by atoms with van der Waals surface area (Å²) in [6.45, 7) is 1.71. The molecular formula is C15H12F2OS. The smallest absolute Gasteiger partial charge is 0.175 e. The number of ketones is 1. The zero-order valence-corrected chi connectivity index (χ0v) is 11.1. The SMILES string of the molecule is CC(Sc1ccccc1F)C(=O)c1ccc(F)cc1. The average molecular weight is 278 g/mol. The van der Waals surface area contributed by atoms with Crippen molar-refractivity contribution >= 4 is 17.5 Å². The molecule has 4 heteroatoms. The highest BCUT2D eigenvalue weighted by Gasteiger charge is 2.17. The van der Waals surface area contributed by atoms with E-state index in [0.29, 0.717) is 10.5 Å². The van der Waals surface area contributed by atoms with E-state index in [9.17, 15) is 13.6 Å². The van der Waals surface area contributed by atoms with Gasteiger partial charge in [0, 0.05) is 10.5 Å². The van der Waals surface area contributed by atoms with E-state index in [1.807, 2.05) is 0 Å². The number of halogens is 2. The molecule has 1 atom stereocenters. The molecule has 0 bridgehead atoms. The normalized spacial score (nSPS) is 12.2. The van der Waals surface area contributed by atoms with Gasteiger partial charge in [0.05, 0.1) is 5.25 Å². The maximum atomic E-state index is 13.5. The minimum Gasteiger partial charge on any atom is -0.293 e. The van der Waals surface area contributed by atoms with Gasteiger partial charge >= 0.3 is 0 Å². The quantitative estimate of drug-likeness (QED) is 0.611. The maximum Gasteiger partial charge on any atom is 0.175 e. The van der Waals surface area contributed by atoms with Crippen LogP contribution in [0.3, 0.4) is 0 Å². The van der Waals surface area contributed by atoms with E-state index in [-0.39, 0.29) is 17.4 Å². The Kier molecular flexibility index (Phi) is 4.32. The van der Waals surface area contributed by atoms with Crippen molar-refractivity contribution in [2.75, 3.05) is 0 Å². The van der Waals surface area contributed by atoms with Gasteiger partial charge in [0.2, 0.25) is 0 Å². The van der Waals surface area contributed by atoms with E-state index in [0.717, 1.165) is 11.8 Å². The van der Waals surface area contributed by atoms with E-state index >= 15 is 0 Å². The van der Waals surface area contributed by atoms with Gasteiger partial charge < -0.3 is 0 Å². The predicted octanol–water partition coefficient (Wildman–Crippen LogP) is 4.33. The first-order chi connectivity index (χ1) is 9.08. The van der Waals surface area contributed by atoms with Crippen LogP contribution >= 0.6 is 11.8 Å². The molecule has 0 N–H and O–H groups in total. The molecule has 0 aliphatic rings. The summed E-state index contributed by atoms with van der Waals surface area (Å²) in [5, 5.41) is -0.428. The van der Waals surface area contributed by atoms with Crippen molar-refractivity contribution in [3.8, 4) is 0 Å². The maximum absolute atomic E-state index is 13.5. The molecule has 0 aromatic heterocycles. The summed E-state index contributed by atoms with van der Waals surface area (Å²) < 4.78 is 26.3. The minimum atomic E-state index is -0.428. The van der Waals surface area contributed by atoms with Crippen molar-refractivity contribution in [1.82, 2.24) is 0 Å². The second-order valence-corrected chi connectivity index (χ2v) is 5.44. The molecule has 1 unspecified atom stereocenters. The van der Waals surface area contributed by atoms with Crippen LogP contribution in [0.25, 0.3) is 0 Å². The Morgan fingerprint density at radius 1 is 1.05 bits per heavy atom. The Morgan fingerprint density at radius 3 is 2.32 bits per heavy atom. The number of carbonyl (C=O) groups is 1. The molecule has 0 amide bonds. The molecule has 19 heavy (non-hydrogen) atoms. The molecule has 0 fully saturated rings. The summed E-state index contributed by atoms with van der Waals surface area (Å²) in [6, 6.07) is 11.7. The van der Waals surface area contributed by atoms with Gasteiger partial charge in [-0.1, -0.05) is 12.1 Å². The third kappa shape index (κ3) is 3.41. The molecule has 0 saturated heterocycles. The van der Waals surface area contributed by atoms with Crippen LogP contribution in [0.1, 0.15) is 17.3 Å². The second kappa shape index (κ2) is 5.97. The van der Waals surface area contributed by atoms with Crippen molar-refractivity contribution in [2.24, 2.45) is 0 Å². The van der Waals surface area contributed by atoms with E-state index in [1.54, 1.807) is 25.1 Å². The second-order valence-electron chi connectivity index (χ2n) is 4.06. The predicted molar refractivity (Wildman–Crippen MR) is 72.4 cm³/mol. The van der Waals surface area contributed by atoms with Crippen LogP contribution < -0.4 is 0 Å².